The van der Waals surface area contributed by atoms with Crippen molar-refractivity contribution in [2.24, 2.45) is 0 Å². The van der Waals surface area contributed by atoms with Gasteiger partial charge in [0.15, 0.2) is 0 Å². The summed E-state index contributed by atoms with van der Waals surface area (Å²) < 4.78 is 31.6. The molecule has 0 aromatic heterocycles. The Morgan fingerprint density at radius 3 is 2.65 bits per heavy atom. The quantitative estimate of drug-likeness (QED) is 0.754. The zero-order valence-corrected chi connectivity index (χ0v) is 10.2. The maximum absolute atomic E-state index is 13.8. The van der Waals surface area contributed by atoms with Gasteiger partial charge < -0.3 is 4.74 Å². The van der Waals surface area contributed by atoms with Crippen LogP contribution < -0.4 is 0 Å². The minimum Gasteiger partial charge on any atom is -0.465 e. The molecule has 2 nitrogen and oxygen atoms in total. The average molecular weight is 242 g/mol. The van der Waals surface area contributed by atoms with Gasteiger partial charge in [-0.1, -0.05) is 12.1 Å². The first-order valence-corrected chi connectivity index (χ1v) is 5.35. The number of methoxy groups -OCH3 is 1. The van der Waals surface area contributed by atoms with Gasteiger partial charge in [0.25, 0.3) is 0 Å². The molecule has 0 saturated carbocycles. The molecule has 0 N–H and O–H groups in total. The first-order chi connectivity index (χ1) is 7.83. The number of carbonyl (C=O) groups excluding carboxylic acids is 1. The molecular formula is C13H16F2O2. The Bertz CT molecular complexity index is 397. The van der Waals surface area contributed by atoms with Gasteiger partial charge in [-0.25, -0.2) is 13.6 Å². The number of alkyl halides is 2. The lowest BCUT2D eigenvalue weighted by Crippen LogP contribution is -2.15. The number of carbonyl (C=O) groups is 1. The van der Waals surface area contributed by atoms with Crippen LogP contribution in [-0.4, -0.2) is 18.7 Å². The summed E-state index contributed by atoms with van der Waals surface area (Å²) in [6, 6.07) is 6.01. The van der Waals surface area contributed by atoms with E-state index < -0.39 is 17.8 Å². The third-order valence-corrected chi connectivity index (χ3v) is 2.33. The van der Waals surface area contributed by atoms with Crippen molar-refractivity contribution in [3.05, 3.63) is 35.4 Å². The topological polar surface area (TPSA) is 26.3 Å². The third kappa shape index (κ3) is 4.13. The SMILES string of the molecule is COC(=O)c1cccc([C@@H](F)CC(C)(C)F)c1. The lowest BCUT2D eigenvalue weighted by molar-refractivity contribution is 0.0600. The van der Waals surface area contributed by atoms with E-state index in [2.05, 4.69) is 4.74 Å². The number of esters is 1. The molecular weight excluding hydrogens is 226 g/mol. The van der Waals surface area contributed by atoms with Crippen LogP contribution in [0.5, 0.6) is 0 Å². The van der Waals surface area contributed by atoms with Crippen molar-refractivity contribution >= 4 is 5.97 Å². The van der Waals surface area contributed by atoms with Gasteiger partial charge >= 0.3 is 5.97 Å². The van der Waals surface area contributed by atoms with Crippen LogP contribution in [0.1, 0.15) is 42.4 Å². The zero-order valence-electron chi connectivity index (χ0n) is 10.2. The van der Waals surface area contributed by atoms with E-state index in [-0.39, 0.29) is 12.0 Å². The van der Waals surface area contributed by atoms with E-state index in [0.717, 1.165) is 0 Å². The zero-order chi connectivity index (χ0) is 13.1. The largest absolute Gasteiger partial charge is 0.465 e. The molecule has 1 aromatic rings. The fourth-order valence-corrected chi connectivity index (χ4v) is 1.52. The first-order valence-electron chi connectivity index (χ1n) is 5.35. The number of halogens is 2. The molecule has 0 aliphatic rings. The summed E-state index contributed by atoms with van der Waals surface area (Å²) in [5.41, 5.74) is -1.02. The summed E-state index contributed by atoms with van der Waals surface area (Å²) >= 11 is 0. The predicted octanol–water partition coefficient (Wildman–Crippen LogP) is 3.62. The molecule has 0 saturated heterocycles. The van der Waals surface area contributed by atoms with Crippen molar-refractivity contribution in [1.29, 1.82) is 0 Å². The van der Waals surface area contributed by atoms with Crippen LogP contribution in [-0.2, 0) is 4.74 Å². The van der Waals surface area contributed by atoms with E-state index in [1.165, 1.54) is 39.2 Å². The minimum atomic E-state index is -1.58. The average Bonchev–Trinajstić information content (AvgIpc) is 2.26. The molecule has 0 fully saturated rings. The standard InChI is InChI=1S/C13H16F2O2/c1-13(2,15)8-11(14)9-5-4-6-10(7-9)12(16)17-3/h4-7,11H,8H2,1-3H3/t11-/m0/s1. The van der Waals surface area contributed by atoms with E-state index in [1.807, 2.05) is 0 Å². The Morgan fingerprint density at radius 1 is 1.47 bits per heavy atom. The molecule has 1 aromatic carbocycles. The van der Waals surface area contributed by atoms with Crippen LogP contribution in [0.25, 0.3) is 0 Å². The van der Waals surface area contributed by atoms with E-state index in [9.17, 15) is 13.6 Å². The number of hydrogen-bond donors (Lipinski definition) is 0. The summed E-state index contributed by atoms with van der Waals surface area (Å²) in [6.45, 7) is 2.65. The molecule has 0 spiro atoms. The Kier molecular flexibility index (Phi) is 4.21. The fourth-order valence-electron chi connectivity index (χ4n) is 1.52. The Hall–Kier alpha value is -1.45. The van der Waals surface area contributed by atoms with E-state index in [1.54, 1.807) is 6.07 Å². The van der Waals surface area contributed by atoms with Gasteiger partial charge in [0.1, 0.15) is 11.8 Å². The van der Waals surface area contributed by atoms with Crippen molar-refractivity contribution in [2.45, 2.75) is 32.1 Å². The van der Waals surface area contributed by atoms with Crippen molar-refractivity contribution in [3.8, 4) is 0 Å². The van der Waals surface area contributed by atoms with Crippen molar-refractivity contribution in [3.63, 3.8) is 0 Å². The molecule has 4 heteroatoms. The molecule has 0 bridgehead atoms. The van der Waals surface area contributed by atoms with Crippen LogP contribution in [0, 0.1) is 0 Å². The summed E-state index contributed by atoms with van der Waals surface area (Å²) in [5.74, 6) is -0.529. The lowest BCUT2D eigenvalue weighted by atomic mass is 9.97. The summed E-state index contributed by atoms with van der Waals surface area (Å²) in [5, 5.41) is 0. The number of hydrogen-bond acceptors (Lipinski definition) is 2. The normalized spacial score (nSPS) is 13.2. The molecule has 0 radical (unpaired) electrons. The Labute approximate surface area is 99.6 Å². The van der Waals surface area contributed by atoms with Gasteiger partial charge in [0.2, 0.25) is 0 Å². The Balaban J connectivity index is 2.88. The minimum absolute atomic E-state index is 0.238. The van der Waals surface area contributed by atoms with Crippen LogP contribution in [0.3, 0.4) is 0 Å². The second-order valence-electron chi connectivity index (χ2n) is 4.51. The van der Waals surface area contributed by atoms with E-state index in [0.29, 0.717) is 5.56 Å². The molecule has 0 aliphatic heterocycles. The summed E-state index contributed by atoms with van der Waals surface area (Å²) in [4.78, 5) is 11.3. The van der Waals surface area contributed by atoms with Gasteiger partial charge in [-0.05, 0) is 31.5 Å². The molecule has 0 aliphatic carbocycles. The molecule has 1 atom stereocenters. The highest BCUT2D eigenvalue weighted by molar-refractivity contribution is 5.89. The smallest absolute Gasteiger partial charge is 0.337 e. The molecule has 94 valence electrons. The van der Waals surface area contributed by atoms with Gasteiger partial charge in [-0.2, -0.15) is 0 Å². The first kappa shape index (κ1) is 13.6. The molecule has 1 rings (SSSR count). The van der Waals surface area contributed by atoms with Crippen LogP contribution in [0.15, 0.2) is 24.3 Å². The van der Waals surface area contributed by atoms with Crippen molar-refractivity contribution < 1.29 is 18.3 Å². The second-order valence-corrected chi connectivity index (χ2v) is 4.51. The molecule has 0 amide bonds. The van der Waals surface area contributed by atoms with Crippen LogP contribution in [0.2, 0.25) is 0 Å². The number of rotatable bonds is 4. The van der Waals surface area contributed by atoms with E-state index >= 15 is 0 Å². The third-order valence-electron chi connectivity index (χ3n) is 2.33. The second kappa shape index (κ2) is 5.25. The highest BCUT2D eigenvalue weighted by Crippen LogP contribution is 2.29. The van der Waals surface area contributed by atoms with Crippen molar-refractivity contribution in [2.75, 3.05) is 7.11 Å². The van der Waals surface area contributed by atoms with Gasteiger partial charge in [-0.15, -0.1) is 0 Å². The maximum atomic E-state index is 13.8. The van der Waals surface area contributed by atoms with Crippen LogP contribution >= 0.6 is 0 Å². The van der Waals surface area contributed by atoms with Gasteiger partial charge in [-0.3, -0.25) is 0 Å². The highest BCUT2D eigenvalue weighted by Gasteiger charge is 2.23. The summed E-state index contributed by atoms with van der Waals surface area (Å²) in [6.07, 6.45) is -1.67. The van der Waals surface area contributed by atoms with Crippen molar-refractivity contribution in [1.82, 2.24) is 0 Å². The highest BCUT2D eigenvalue weighted by atomic mass is 19.2. The predicted molar refractivity (Wildman–Crippen MR) is 61.4 cm³/mol. The van der Waals surface area contributed by atoms with Gasteiger partial charge in [0.05, 0.1) is 12.7 Å². The molecule has 0 unspecified atom stereocenters. The summed E-state index contributed by atoms with van der Waals surface area (Å²) in [7, 11) is 1.26. The molecule has 0 heterocycles. The fraction of sp³-hybridized carbons (Fsp3) is 0.462. The van der Waals surface area contributed by atoms with Crippen LogP contribution in [0.4, 0.5) is 8.78 Å². The monoisotopic (exact) mass is 242 g/mol. The van der Waals surface area contributed by atoms with Gasteiger partial charge in [0, 0.05) is 6.42 Å². The Morgan fingerprint density at radius 2 is 2.12 bits per heavy atom. The number of benzene rings is 1. The lowest BCUT2D eigenvalue weighted by Gasteiger charge is -2.17. The van der Waals surface area contributed by atoms with E-state index in [4.69, 9.17) is 0 Å². The molecule has 17 heavy (non-hydrogen) atoms. The maximum Gasteiger partial charge on any atom is 0.337 e. The number of ether oxygens (including phenoxy) is 1.